The minimum Gasteiger partial charge on any atom is -0.394 e. The molecule has 1 aliphatic rings. The van der Waals surface area contributed by atoms with Gasteiger partial charge in [0.1, 0.15) is 24.4 Å². The van der Waals surface area contributed by atoms with Crippen molar-refractivity contribution in [2.24, 2.45) is 0 Å². The molecule has 0 aromatic heterocycles. The molecular weight excluding hydrogens is 446 g/mol. The largest absolute Gasteiger partial charge is 0.394 e. The van der Waals surface area contributed by atoms with E-state index in [1.54, 1.807) is 13.1 Å². The maximum atomic E-state index is 12.1. The first-order chi connectivity index (χ1) is 16.8. The summed E-state index contributed by atoms with van der Waals surface area (Å²) in [6, 6.07) is 22.8. The maximum absolute atomic E-state index is 12.1. The van der Waals surface area contributed by atoms with E-state index in [0.29, 0.717) is 5.56 Å². The highest BCUT2D eigenvalue weighted by molar-refractivity contribution is 5.95. The minimum absolute atomic E-state index is 0.160. The van der Waals surface area contributed by atoms with Crippen LogP contribution in [-0.2, 0) is 4.74 Å². The van der Waals surface area contributed by atoms with Gasteiger partial charge in [-0.2, -0.15) is 0 Å². The predicted molar refractivity (Wildman–Crippen MR) is 132 cm³/mol. The Kier molecular flexibility index (Phi) is 7.64. The Hall–Kier alpha value is -3.07. The van der Waals surface area contributed by atoms with Crippen LogP contribution in [-0.4, -0.2) is 70.5 Å². The highest BCUT2D eigenvalue weighted by Crippen LogP contribution is 2.39. The third kappa shape index (κ3) is 5.00. The number of aliphatic hydroxyl groups is 4. The summed E-state index contributed by atoms with van der Waals surface area (Å²) in [6.45, 7) is 1.48. The summed E-state index contributed by atoms with van der Waals surface area (Å²) in [5, 5.41) is 43.9. The number of carbonyl (C=O) groups excluding carboxylic acids is 1. The zero-order valence-electron chi connectivity index (χ0n) is 19.7. The molecule has 1 aliphatic heterocycles. The van der Waals surface area contributed by atoms with Crippen LogP contribution in [0.25, 0.3) is 11.1 Å². The van der Waals surface area contributed by atoms with Gasteiger partial charge >= 0.3 is 0 Å². The lowest BCUT2D eigenvalue weighted by Crippen LogP contribution is -2.60. The molecule has 7 heteroatoms. The van der Waals surface area contributed by atoms with Gasteiger partial charge in [-0.3, -0.25) is 4.79 Å². The van der Waals surface area contributed by atoms with E-state index in [-0.39, 0.29) is 5.91 Å². The van der Waals surface area contributed by atoms with Crippen molar-refractivity contribution < 1.29 is 30.0 Å². The van der Waals surface area contributed by atoms with Crippen LogP contribution in [0.1, 0.15) is 33.0 Å². The number of rotatable bonds is 6. The molecule has 1 amide bonds. The standard InChI is InChI=1S/C28H31NO6/c1-16-13-19(18-9-6-10-20(14-18)28(34)29-2)11-12-21(16)23(17-7-4-3-5-8-17)27-26(33)25(32)24(31)22(15-30)35-27/h3-14,22-27,30-33H,15H2,1-2H3,(H,29,34)/t22-,23-,24-,25+,26+,27-/m1/s1. The van der Waals surface area contributed by atoms with E-state index in [1.165, 1.54) is 0 Å². The van der Waals surface area contributed by atoms with E-state index < -0.39 is 43.0 Å². The van der Waals surface area contributed by atoms with E-state index in [9.17, 15) is 25.2 Å². The first-order valence-corrected chi connectivity index (χ1v) is 11.6. The molecule has 0 radical (unpaired) electrons. The van der Waals surface area contributed by atoms with Gasteiger partial charge in [-0.05, 0) is 46.9 Å². The molecule has 1 fully saturated rings. The summed E-state index contributed by atoms with van der Waals surface area (Å²) in [6.07, 6.45) is -6.12. The Morgan fingerprint density at radius 3 is 2.29 bits per heavy atom. The predicted octanol–water partition coefficient (Wildman–Crippen LogP) is 2.00. The molecule has 0 saturated carbocycles. The van der Waals surface area contributed by atoms with Gasteiger partial charge in [-0.25, -0.2) is 0 Å². The molecule has 1 heterocycles. The highest BCUT2D eigenvalue weighted by Gasteiger charge is 2.47. The number of amides is 1. The summed E-state index contributed by atoms with van der Waals surface area (Å²) < 4.78 is 5.97. The number of nitrogens with one attached hydrogen (secondary N) is 1. The van der Waals surface area contributed by atoms with Crippen LogP contribution in [0, 0.1) is 6.92 Å². The van der Waals surface area contributed by atoms with Crippen LogP contribution >= 0.6 is 0 Å². The lowest BCUT2D eigenvalue weighted by Gasteiger charge is -2.43. The molecule has 4 rings (SSSR count). The summed E-state index contributed by atoms with van der Waals surface area (Å²) in [5.41, 5.74) is 5.07. The molecule has 7 nitrogen and oxygen atoms in total. The zero-order chi connectivity index (χ0) is 25.1. The van der Waals surface area contributed by atoms with E-state index in [1.807, 2.05) is 73.7 Å². The van der Waals surface area contributed by atoms with Gasteiger partial charge < -0.3 is 30.5 Å². The molecule has 35 heavy (non-hydrogen) atoms. The van der Waals surface area contributed by atoms with Gasteiger partial charge in [-0.15, -0.1) is 0 Å². The molecule has 3 aromatic carbocycles. The fraction of sp³-hybridized carbons (Fsp3) is 0.321. The fourth-order valence-corrected chi connectivity index (χ4v) is 4.80. The van der Waals surface area contributed by atoms with Gasteiger partial charge in [0, 0.05) is 18.5 Å². The van der Waals surface area contributed by atoms with Gasteiger partial charge in [0.05, 0.1) is 12.7 Å². The maximum Gasteiger partial charge on any atom is 0.251 e. The molecule has 5 N–H and O–H groups in total. The monoisotopic (exact) mass is 477 g/mol. The van der Waals surface area contributed by atoms with Crippen molar-refractivity contribution in [3.63, 3.8) is 0 Å². The number of ether oxygens (including phenoxy) is 1. The smallest absolute Gasteiger partial charge is 0.251 e. The van der Waals surface area contributed by atoms with Crippen molar-refractivity contribution in [2.45, 2.75) is 43.4 Å². The highest BCUT2D eigenvalue weighted by atomic mass is 16.5. The first-order valence-electron chi connectivity index (χ1n) is 11.6. The van der Waals surface area contributed by atoms with Crippen LogP contribution in [0.2, 0.25) is 0 Å². The average Bonchev–Trinajstić information content (AvgIpc) is 2.89. The molecule has 3 aromatic rings. The second-order valence-electron chi connectivity index (χ2n) is 8.91. The van der Waals surface area contributed by atoms with Gasteiger partial charge in [0.15, 0.2) is 0 Å². The Labute approximate surface area is 204 Å². The number of aryl methyl sites for hydroxylation is 1. The Balaban J connectivity index is 1.76. The molecule has 0 aliphatic carbocycles. The van der Waals surface area contributed by atoms with Crippen molar-refractivity contribution in [1.82, 2.24) is 5.32 Å². The quantitative estimate of drug-likeness (QED) is 0.371. The molecule has 0 spiro atoms. The van der Waals surface area contributed by atoms with Crippen LogP contribution in [0.15, 0.2) is 72.8 Å². The van der Waals surface area contributed by atoms with E-state index in [0.717, 1.165) is 27.8 Å². The lowest BCUT2D eigenvalue weighted by molar-refractivity contribution is -0.232. The SMILES string of the molecule is CNC(=O)c1cccc(-c2ccc([C@@H](c3ccccc3)[C@H]3O[C@H](CO)[C@@H](O)[C@H](O)[C@@H]3O)c(C)c2)c1. The molecule has 0 bridgehead atoms. The minimum atomic E-state index is -1.45. The van der Waals surface area contributed by atoms with Crippen molar-refractivity contribution in [2.75, 3.05) is 13.7 Å². The number of hydrogen-bond donors (Lipinski definition) is 5. The fourth-order valence-electron chi connectivity index (χ4n) is 4.80. The van der Waals surface area contributed by atoms with Crippen LogP contribution in [0.5, 0.6) is 0 Å². The molecule has 1 saturated heterocycles. The van der Waals surface area contributed by atoms with E-state index >= 15 is 0 Å². The Bertz CT molecular complexity index is 1170. The molecule has 0 unspecified atom stereocenters. The molecule has 184 valence electrons. The Morgan fingerprint density at radius 1 is 0.914 bits per heavy atom. The molecule has 6 atom stereocenters. The normalized spacial score (nSPS) is 25.1. The van der Waals surface area contributed by atoms with Crippen molar-refractivity contribution in [3.8, 4) is 11.1 Å². The average molecular weight is 478 g/mol. The van der Waals surface area contributed by atoms with E-state index in [4.69, 9.17) is 4.74 Å². The summed E-state index contributed by atoms with van der Waals surface area (Å²) >= 11 is 0. The topological polar surface area (TPSA) is 119 Å². The summed E-state index contributed by atoms with van der Waals surface area (Å²) in [7, 11) is 1.59. The van der Waals surface area contributed by atoms with Crippen molar-refractivity contribution in [3.05, 3.63) is 95.1 Å². The van der Waals surface area contributed by atoms with Crippen molar-refractivity contribution in [1.29, 1.82) is 0 Å². The third-order valence-electron chi connectivity index (χ3n) is 6.71. The third-order valence-corrected chi connectivity index (χ3v) is 6.71. The van der Waals surface area contributed by atoms with Gasteiger partial charge in [0.25, 0.3) is 5.91 Å². The second-order valence-corrected chi connectivity index (χ2v) is 8.91. The summed E-state index contributed by atoms with van der Waals surface area (Å²) in [5.74, 6) is -0.624. The number of carbonyl (C=O) groups is 1. The number of benzene rings is 3. The number of aliphatic hydroxyl groups excluding tert-OH is 4. The lowest BCUT2D eigenvalue weighted by atomic mass is 9.78. The van der Waals surface area contributed by atoms with Crippen LogP contribution in [0.4, 0.5) is 0 Å². The van der Waals surface area contributed by atoms with Crippen LogP contribution < -0.4 is 5.32 Å². The molecular formula is C28H31NO6. The van der Waals surface area contributed by atoms with Gasteiger partial charge in [0.2, 0.25) is 0 Å². The first kappa shape index (κ1) is 25.0. The van der Waals surface area contributed by atoms with E-state index in [2.05, 4.69) is 5.32 Å². The Morgan fingerprint density at radius 2 is 1.63 bits per heavy atom. The summed E-state index contributed by atoms with van der Waals surface area (Å²) in [4.78, 5) is 12.1. The second kappa shape index (κ2) is 10.7. The van der Waals surface area contributed by atoms with Crippen molar-refractivity contribution >= 4 is 5.91 Å². The zero-order valence-corrected chi connectivity index (χ0v) is 19.7. The number of hydrogen-bond acceptors (Lipinski definition) is 6. The van der Waals surface area contributed by atoms with Gasteiger partial charge in [-0.1, -0.05) is 60.7 Å². The van der Waals surface area contributed by atoms with Crippen LogP contribution in [0.3, 0.4) is 0 Å².